The van der Waals surface area contributed by atoms with Crippen molar-refractivity contribution in [3.05, 3.63) is 0 Å². The number of nitriles is 1. The molecule has 2 atom stereocenters. The van der Waals surface area contributed by atoms with E-state index in [0.29, 0.717) is 6.04 Å². The van der Waals surface area contributed by atoms with Crippen LogP contribution in [0.3, 0.4) is 0 Å². The summed E-state index contributed by atoms with van der Waals surface area (Å²) in [5.74, 6) is 0.757. The highest BCUT2D eigenvalue weighted by Gasteiger charge is 2.40. The van der Waals surface area contributed by atoms with Gasteiger partial charge in [0.05, 0.1) is 6.07 Å². The first-order valence-electron chi connectivity index (χ1n) is 7.39. The molecule has 0 spiro atoms. The lowest BCUT2D eigenvalue weighted by Crippen LogP contribution is -2.44. The largest absolute Gasteiger partial charge is 0.303 e. The van der Waals surface area contributed by atoms with E-state index in [4.69, 9.17) is 0 Å². The molecule has 1 aliphatic carbocycles. The monoisotopic (exact) mass is 251 g/mol. The van der Waals surface area contributed by atoms with Crippen molar-refractivity contribution in [1.29, 1.82) is 5.26 Å². The van der Waals surface area contributed by atoms with E-state index in [9.17, 15) is 5.26 Å². The van der Waals surface area contributed by atoms with Crippen molar-refractivity contribution >= 4 is 0 Å². The molecule has 0 radical (unpaired) electrons. The van der Waals surface area contributed by atoms with Crippen molar-refractivity contribution in [3.63, 3.8) is 0 Å². The Morgan fingerprint density at radius 1 is 1.50 bits per heavy atom. The molecule has 1 N–H and O–H groups in total. The van der Waals surface area contributed by atoms with Gasteiger partial charge in [0, 0.05) is 6.04 Å². The number of nitrogens with zero attached hydrogens (tertiary/aromatic N) is 2. The zero-order valence-corrected chi connectivity index (χ0v) is 12.5. The zero-order valence-electron chi connectivity index (χ0n) is 12.5. The second kappa shape index (κ2) is 7.11. The zero-order chi connectivity index (χ0) is 13.6. The summed E-state index contributed by atoms with van der Waals surface area (Å²) in [6.07, 6.45) is 5.48. The molecule has 0 amide bonds. The first kappa shape index (κ1) is 15.5. The normalized spacial score (nSPS) is 27.9. The van der Waals surface area contributed by atoms with E-state index >= 15 is 0 Å². The molecule has 1 saturated carbocycles. The van der Waals surface area contributed by atoms with Gasteiger partial charge < -0.3 is 4.90 Å². The van der Waals surface area contributed by atoms with Crippen LogP contribution in [0.25, 0.3) is 0 Å². The molecule has 1 aliphatic rings. The molecule has 3 nitrogen and oxygen atoms in total. The fourth-order valence-electron chi connectivity index (χ4n) is 2.71. The van der Waals surface area contributed by atoms with Gasteiger partial charge in [0.25, 0.3) is 0 Å². The highest BCUT2D eigenvalue weighted by molar-refractivity contribution is 5.13. The molecule has 0 aliphatic heterocycles. The van der Waals surface area contributed by atoms with E-state index in [1.807, 2.05) is 0 Å². The summed E-state index contributed by atoms with van der Waals surface area (Å²) in [7, 11) is 2.21. The molecule has 0 bridgehead atoms. The molecular formula is C15H29N3. The molecule has 1 fully saturated rings. The minimum Gasteiger partial charge on any atom is -0.303 e. The summed E-state index contributed by atoms with van der Waals surface area (Å²) >= 11 is 0. The highest BCUT2D eigenvalue weighted by atomic mass is 15.1. The van der Waals surface area contributed by atoms with Crippen molar-refractivity contribution in [3.8, 4) is 6.07 Å². The first-order valence-corrected chi connectivity index (χ1v) is 7.39. The Morgan fingerprint density at radius 3 is 2.78 bits per heavy atom. The maximum Gasteiger partial charge on any atom is 0.108 e. The third kappa shape index (κ3) is 4.26. The molecular weight excluding hydrogens is 222 g/mol. The summed E-state index contributed by atoms with van der Waals surface area (Å²) in [4.78, 5) is 2.45. The van der Waals surface area contributed by atoms with Gasteiger partial charge >= 0.3 is 0 Å². The van der Waals surface area contributed by atoms with Crippen molar-refractivity contribution in [2.75, 3.05) is 20.1 Å². The Kier molecular flexibility index (Phi) is 6.11. The van der Waals surface area contributed by atoms with Gasteiger partial charge in [0.2, 0.25) is 0 Å². The fraction of sp³-hybridized carbons (Fsp3) is 0.933. The third-order valence-electron chi connectivity index (χ3n) is 4.10. The molecule has 18 heavy (non-hydrogen) atoms. The molecule has 2 unspecified atom stereocenters. The summed E-state index contributed by atoms with van der Waals surface area (Å²) in [6, 6.07) is 3.10. The Balaban J connectivity index is 2.45. The molecule has 0 heterocycles. The minimum atomic E-state index is -0.257. The first-order chi connectivity index (χ1) is 8.53. The van der Waals surface area contributed by atoms with Crippen molar-refractivity contribution in [2.45, 2.75) is 64.5 Å². The van der Waals surface area contributed by atoms with Gasteiger partial charge in [-0.05, 0) is 58.2 Å². The van der Waals surface area contributed by atoms with E-state index in [0.717, 1.165) is 44.7 Å². The van der Waals surface area contributed by atoms with E-state index < -0.39 is 0 Å². The van der Waals surface area contributed by atoms with Crippen LogP contribution in [0.15, 0.2) is 0 Å². The smallest absolute Gasteiger partial charge is 0.108 e. The average molecular weight is 251 g/mol. The molecule has 0 aromatic rings. The van der Waals surface area contributed by atoms with Crippen LogP contribution in [-0.4, -0.2) is 36.6 Å². The molecule has 0 aromatic heterocycles. The van der Waals surface area contributed by atoms with E-state index in [2.05, 4.69) is 44.1 Å². The van der Waals surface area contributed by atoms with E-state index in [1.54, 1.807) is 0 Å². The van der Waals surface area contributed by atoms with Gasteiger partial charge in [-0.25, -0.2) is 0 Å². The van der Waals surface area contributed by atoms with Crippen LogP contribution < -0.4 is 5.32 Å². The summed E-state index contributed by atoms with van der Waals surface area (Å²) in [5, 5.41) is 12.9. The fourth-order valence-corrected chi connectivity index (χ4v) is 2.71. The highest BCUT2D eigenvalue weighted by Crippen LogP contribution is 2.32. The molecule has 3 heteroatoms. The number of rotatable bonds is 7. The Morgan fingerprint density at radius 2 is 2.22 bits per heavy atom. The maximum atomic E-state index is 9.43. The lowest BCUT2D eigenvalue weighted by atomic mass is 9.99. The van der Waals surface area contributed by atoms with Gasteiger partial charge in [0.15, 0.2) is 0 Å². The second-order valence-electron chi connectivity index (χ2n) is 6.18. The van der Waals surface area contributed by atoms with Crippen molar-refractivity contribution < 1.29 is 0 Å². The van der Waals surface area contributed by atoms with E-state index in [1.165, 1.54) is 6.42 Å². The SMILES string of the molecule is CCCNC1(C#N)CCC(N(C)CCC(C)C)C1. The predicted octanol–water partition coefficient (Wildman–Crippen LogP) is 2.78. The Hall–Kier alpha value is -0.590. The lowest BCUT2D eigenvalue weighted by Gasteiger charge is -2.27. The Bertz CT molecular complexity index is 282. The summed E-state index contributed by atoms with van der Waals surface area (Å²) < 4.78 is 0. The summed E-state index contributed by atoms with van der Waals surface area (Å²) in [5.41, 5.74) is -0.257. The van der Waals surface area contributed by atoms with Crippen molar-refractivity contribution in [1.82, 2.24) is 10.2 Å². The van der Waals surface area contributed by atoms with Gasteiger partial charge in [-0.3, -0.25) is 5.32 Å². The minimum absolute atomic E-state index is 0.257. The average Bonchev–Trinajstić information content (AvgIpc) is 2.78. The molecule has 0 aromatic carbocycles. The molecule has 1 rings (SSSR count). The lowest BCUT2D eigenvalue weighted by molar-refractivity contribution is 0.224. The van der Waals surface area contributed by atoms with Crippen LogP contribution in [-0.2, 0) is 0 Å². The standard InChI is InChI=1S/C15H29N3/c1-5-9-17-15(12-16)8-6-14(11-15)18(4)10-7-13(2)3/h13-14,17H,5-11H2,1-4H3. The maximum absolute atomic E-state index is 9.43. The van der Waals surface area contributed by atoms with Crippen LogP contribution in [0.2, 0.25) is 0 Å². The number of hydrogen-bond acceptors (Lipinski definition) is 3. The second-order valence-corrected chi connectivity index (χ2v) is 6.18. The molecule has 104 valence electrons. The van der Waals surface area contributed by atoms with Crippen LogP contribution in [0.5, 0.6) is 0 Å². The topological polar surface area (TPSA) is 39.1 Å². The van der Waals surface area contributed by atoms with Crippen molar-refractivity contribution in [2.24, 2.45) is 5.92 Å². The predicted molar refractivity (Wildman–Crippen MR) is 76.4 cm³/mol. The summed E-state index contributed by atoms with van der Waals surface area (Å²) in [6.45, 7) is 8.79. The van der Waals surface area contributed by atoms with Crippen LogP contribution >= 0.6 is 0 Å². The van der Waals surface area contributed by atoms with E-state index in [-0.39, 0.29) is 5.54 Å². The van der Waals surface area contributed by atoms with Gasteiger partial charge in [-0.15, -0.1) is 0 Å². The quantitative estimate of drug-likeness (QED) is 0.756. The van der Waals surface area contributed by atoms with Gasteiger partial charge in [-0.1, -0.05) is 20.8 Å². The number of nitrogens with one attached hydrogen (secondary N) is 1. The number of hydrogen-bond donors (Lipinski definition) is 1. The van der Waals surface area contributed by atoms with Gasteiger partial charge in [-0.2, -0.15) is 5.26 Å². The third-order valence-corrected chi connectivity index (χ3v) is 4.10. The Labute approximate surface area is 113 Å². The van der Waals surface area contributed by atoms with Crippen LogP contribution in [0.4, 0.5) is 0 Å². The van der Waals surface area contributed by atoms with Gasteiger partial charge in [0.1, 0.15) is 5.54 Å². The molecule has 0 saturated heterocycles. The van der Waals surface area contributed by atoms with Crippen LogP contribution in [0.1, 0.15) is 52.9 Å². The van der Waals surface area contributed by atoms with Crippen LogP contribution in [0, 0.1) is 17.2 Å².